The summed E-state index contributed by atoms with van der Waals surface area (Å²) in [5.41, 5.74) is 0. The summed E-state index contributed by atoms with van der Waals surface area (Å²) in [7, 11) is -1.85. The Kier molecular flexibility index (Phi) is 3.42. The molecule has 1 unspecified atom stereocenters. The molecule has 8 heavy (non-hydrogen) atoms. The summed E-state index contributed by atoms with van der Waals surface area (Å²) in [6, 6.07) is 0. The lowest BCUT2D eigenvalue weighted by Crippen LogP contribution is -2.24. The fourth-order valence-corrected chi connectivity index (χ4v) is 0.224. The highest BCUT2D eigenvalue weighted by molar-refractivity contribution is 6.32. The summed E-state index contributed by atoms with van der Waals surface area (Å²) in [6.45, 7) is 1.41. The molecule has 0 aliphatic rings. The molecule has 0 aromatic carbocycles. The molecule has 0 aliphatic carbocycles. The predicted molar refractivity (Wildman–Crippen MR) is 26.8 cm³/mol. The SMILES string of the molecule is CC(C=O)OB(O)O. The van der Waals surface area contributed by atoms with E-state index in [0.29, 0.717) is 6.29 Å². The first-order chi connectivity index (χ1) is 3.66. The fourth-order valence-electron chi connectivity index (χ4n) is 0.224. The minimum atomic E-state index is -1.85. The van der Waals surface area contributed by atoms with E-state index >= 15 is 0 Å². The normalized spacial score (nSPS) is 12.9. The van der Waals surface area contributed by atoms with E-state index in [-0.39, 0.29) is 0 Å². The van der Waals surface area contributed by atoms with Gasteiger partial charge in [-0.05, 0) is 6.92 Å². The minimum absolute atomic E-state index is 0.472. The van der Waals surface area contributed by atoms with Crippen LogP contribution in [0.15, 0.2) is 0 Å². The van der Waals surface area contributed by atoms with Crippen molar-refractivity contribution < 1.29 is 19.5 Å². The lowest BCUT2D eigenvalue weighted by molar-refractivity contribution is -0.114. The van der Waals surface area contributed by atoms with E-state index in [4.69, 9.17) is 10.0 Å². The van der Waals surface area contributed by atoms with E-state index in [0.717, 1.165) is 0 Å². The molecule has 0 fully saturated rings. The second-order valence-electron chi connectivity index (χ2n) is 1.30. The molecule has 1 atom stereocenters. The van der Waals surface area contributed by atoms with Gasteiger partial charge in [-0.1, -0.05) is 0 Å². The van der Waals surface area contributed by atoms with Gasteiger partial charge in [0.1, 0.15) is 6.29 Å². The van der Waals surface area contributed by atoms with Crippen LogP contribution in [0.5, 0.6) is 0 Å². The molecule has 0 rings (SSSR count). The van der Waals surface area contributed by atoms with Crippen LogP contribution < -0.4 is 0 Å². The van der Waals surface area contributed by atoms with Gasteiger partial charge in [0.25, 0.3) is 0 Å². The van der Waals surface area contributed by atoms with Gasteiger partial charge in [0.05, 0.1) is 6.10 Å². The first-order valence-electron chi connectivity index (χ1n) is 2.13. The maximum absolute atomic E-state index is 9.69. The zero-order chi connectivity index (χ0) is 6.57. The summed E-state index contributed by atoms with van der Waals surface area (Å²) >= 11 is 0. The number of hydrogen-bond acceptors (Lipinski definition) is 4. The van der Waals surface area contributed by atoms with Crippen LogP contribution in [-0.2, 0) is 9.45 Å². The second-order valence-corrected chi connectivity index (χ2v) is 1.30. The number of carbonyl (C=O) groups excluding carboxylic acids is 1. The molecule has 5 heteroatoms. The van der Waals surface area contributed by atoms with Crippen molar-refractivity contribution in [2.24, 2.45) is 0 Å². The van der Waals surface area contributed by atoms with Crippen LogP contribution in [0.4, 0.5) is 0 Å². The molecule has 46 valence electrons. The number of rotatable bonds is 3. The molecule has 0 bridgehead atoms. The van der Waals surface area contributed by atoms with Crippen molar-refractivity contribution in [1.82, 2.24) is 0 Å². The Morgan fingerprint density at radius 3 is 2.38 bits per heavy atom. The summed E-state index contributed by atoms with van der Waals surface area (Å²) < 4.78 is 4.14. The lowest BCUT2D eigenvalue weighted by Gasteiger charge is -2.01. The van der Waals surface area contributed by atoms with E-state index in [1.807, 2.05) is 0 Å². The van der Waals surface area contributed by atoms with E-state index in [9.17, 15) is 4.79 Å². The van der Waals surface area contributed by atoms with Gasteiger partial charge >= 0.3 is 7.32 Å². The van der Waals surface area contributed by atoms with Crippen LogP contribution in [0.25, 0.3) is 0 Å². The van der Waals surface area contributed by atoms with Crippen molar-refractivity contribution in [2.75, 3.05) is 0 Å². The van der Waals surface area contributed by atoms with Crippen molar-refractivity contribution in [2.45, 2.75) is 13.0 Å². The molecule has 2 N–H and O–H groups in total. The monoisotopic (exact) mass is 118 g/mol. The molecule has 0 saturated heterocycles. The second kappa shape index (κ2) is 3.60. The zero-order valence-corrected chi connectivity index (χ0v) is 4.44. The quantitative estimate of drug-likeness (QED) is 0.351. The largest absolute Gasteiger partial charge is 0.634 e. The summed E-state index contributed by atoms with van der Waals surface area (Å²) in [4.78, 5) is 9.69. The number of aldehydes is 1. The van der Waals surface area contributed by atoms with Gasteiger partial charge in [0.2, 0.25) is 0 Å². The lowest BCUT2D eigenvalue weighted by atomic mass is 10.2. The Bertz CT molecular complexity index is 73.7. The third-order valence-corrected chi connectivity index (χ3v) is 0.528. The standard InChI is InChI=1S/C3H7BO4/c1-3(2-5)8-4(6)7/h2-3,6-7H,1H3. The molecule has 0 aromatic heterocycles. The van der Waals surface area contributed by atoms with Crippen molar-refractivity contribution in [3.63, 3.8) is 0 Å². The zero-order valence-electron chi connectivity index (χ0n) is 4.44. The molecule has 0 radical (unpaired) electrons. The fraction of sp³-hybridized carbons (Fsp3) is 0.667. The third kappa shape index (κ3) is 3.79. The number of hydrogen-bond donors (Lipinski definition) is 2. The topological polar surface area (TPSA) is 66.8 Å². The van der Waals surface area contributed by atoms with Crippen LogP contribution in [0, 0.1) is 0 Å². The molecule has 0 saturated carbocycles. The molecule has 0 heterocycles. The van der Waals surface area contributed by atoms with Gasteiger partial charge in [-0.15, -0.1) is 0 Å². The Morgan fingerprint density at radius 1 is 1.75 bits per heavy atom. The Morgan fingerprint density at radius 2 is 2.25 bits per heavy atom. The van der Waals surface area contributed by atoms with Gasteiger partial charge in [-0.25, -0.2) is 0 Å². The Balaban J connectivity index is 3.23. The van der Waals surface area contributed by atoms with E-state index in [1.54, 1.807) is 0 Å². The van der Waals surface area contributed by atoms with Crippen molar-refractivity contribution >= 4 is 13.6 Å². The maximum atomic E-state index is 9.69. The third-order valence-electron chi connectivity index (χ3n) is 0.528. The van der Waals surface area contributed by atoms with Gasteiger partial charge < -0.3 is 19.5 Å². The highest BCUT2D eigenvalue weighted by Crippen LogP contribution is 1.83. The van der Waals surface area contributed by atoms with Crippen molar-refractivity contribution in [3.05, 3.63) is 0 Å². The molecule has 0 aromatic rings. The summed E-state index contributed by atoms with van der Waals surface area (Å²) in [6.07, 6.45) is -0.283. The van der Waals surface area contributed by atoms with Gasteiger partial charge in [0, 0.05) is 0 Å². The van der Waals surface area contributed by atoms with Gasteiger partial charge in [-0.3, -0.25) is 0 Å². The van der Waals surface area contributed by atoms with Crippen LogP contribution >= 0.6 is 0 Å². The summed E-state index contributed by atoms with van der Waals surface area (Å²) in [5.74, 6) is 0. The van der Waals surface area contributed by atoms with E-state index in [1.165, 1.54) is 6.92 Å². The Labute approximate surface area is 47.3 Å². The molecule has 4 nitrogen and oxygen atoms in total. The highest BCUT2D eigenvalue weighted by Gasteiger charge is 2.12. The molecule has 0 aliphatic heterocycles. The molecular formula is C3H7BO4. The first-order valence-corrected chi connectivity index (χ1v) is 2.13. The average molecular weight is 118 g/mol. The highest BCUT2D eigenvalue weighted by atomic mass is 16.6. The molecular weight excluding hydrogens is 111 g/mol. The maximum Gasteiger partial charge on any atom is 0.634 e. The summed E-state index contributed by atoms with van der Waals surface area (Å²) in [5, 5.41) is 16.1. The smallest absolute Gasteiger partial charge is 0.402 e. The molecule has 0 spiro atoms. The predicted octanol–water partition coefficient (Wildman–Crippen LogP) is -1.44. The van der Waals surface area contributed by atoms with Crippen LogP contribution in [0.1, 0.15) is 6.92 Å². The van der Waals surface area contributed by atoms with Crippen molar-refractivity contribution in [3.8, 4) is 0 Å². The van der Waals surface area contributed by atoms with Crippen LogP contribution in [-0.4, -0.2) is 29.8 Å². The van der Waals surface area contributed by atoms with Gasteiger partial charge in [-0.2, -0.15) is 0 Å². The average Bonchev–Trinajstić information content (AvgIpc) is 1.65. The van der Waals surface area contributed by atoms with Crippen molar-refractivity contribution in [1.29, 1.82) is 0 Å². The Hall–Kier alpha value is -0.385. The van der Waals surface area contributed by atoms with Crippen LogP contribution in [0.3, 0.4) is 0 Å². The molecule has 0 amide bonds. The van der Waals surface area contributed by atoms with Gasteiger partial charge in [0.15, 0.2) is 0 Å². The van der Waals surface area contributed by atoms with Crippen LogP contribution in [0.2, 0.25) is 0 Å². The first kappa shape index (κ1) is 7.61. The number of carbonyl (C=O) groups is 1. The van der Waals surface area contributed by atoms with E-state index < -0.39 is 13.4 Å². The van der Waals surface area contributed by atoms with E-state index in [2.05, 4.69) is 4.65 Å². The minimum Gasteiger partial charge on any atom is -0.402 e.